The number of nitrogens with one attached hydrogen (secondary N) is 1. The molecule has 2 unspecified atom stereocenters. The van der Waals surface area contributed by atoms with Crippen molar-refractivity contribution in [3.63, 3.8) is 0 Å². The first-order valence-corrected chi connectivity index (χ1v) is 9.56. The van der Waals surface area contributed by atoms with E-state index in [0.29, 0.717) is 17.0 Å². The van der Waals surface area contributed by atoms with Gasteiger partial charge in [-0.1, -0.05) is 6.07 Å². The highest BCUT2D eigenvalue weighted by atomic mass is 19.3. The summed E-state index contributed by atoms with van der Waals surface area (Å²) >= 11 is 0. The fourth-order valence-corrected chi connectivity index (χ4v) is 3.62. The number of aromatic nitrogens is 3. The maximum atomic E-state index is 13.2. The highest BCUT2D eigenvalue weighted by Crippen LogP contribution is 2.48. The Kier molecular flexibility index (Phi) is 5.30. The summed E-state index contributed by atoms with van der Waals surface area (Å²) in [7, 11) is 1.10. The van der Waals surface area contributed by atoms with Crippen LogP contribution in [0.25, 0.3) is 5.52 Å². The Bertz CT molecular complexity index is 1140. The first kappa shape index (κ1) is 20.7. The fourth-order valence-electron chi connectivity index (χ4n) is 3.62. The molecular weight excluding hydrogens is 410 g/mol. The van der Waals surface area contributed by atoms with Crippen molar-refractivity contribution in [3.05, 3.63) is 59.7 Å². The van der Waals surface area contributed by atoms with Gasteiger partial charge in [0.15, 0.2) is 0 Å². The number of ether oxygens (including phenoxy) is 2. The van der Waals surface area contributed by atoms with Gasteiger partial charge in [-0.05, 0) is 31.5 Å². The number of halogens is 2. The molecule has 8 nitrogen and oxygen atoms in total. The molecule has 0 radical (unpaired) electrons. The molecule has 10 heteroatoms. The second kappa shape index (κ2) is 7.93. The number of nitrogens with zero attached hydrogens (tertiary/aromatic N) is 3. The predicted octanol–water partition coefficient (Wildman–Crippen LogP) is 2.54. The molecule has 1 amide bonds. The molecule has 1 aliphatic rings. The van der Waals surface area contributed by atoms with Crippen LogP contribution in [0.2, 0.25) is 0 Å². The van der Waals surface area contributed by atoms with Crippen LogP contribution < -0.4 is 10.1 Å². The Hall–Kier alpha value is -3.56. The summed E-state index contributed by atoms with van der Waals surface area (Å²) < 4.78 is 38.3. The van der Waals surface area contributed by atoms with Crippen LogP contribution in [0.5, 0.6) is 5.75 Å². The molecule has 1 fully saturated rings. The molecule has 4 rings (SSSR count). The zero-order chi connectivity index (χ0) is 22.2. The fraction of sp³-hybridized carbons (Fsp3) is 0.333. The molecule has 1 aliphatic carbocycles. The first-order chi connectivity index (χ1) is 14.9. The van der Waals surface area contributed by atoms with E-state index in [9.17, 15) is 18.4 Å². The number of aryl methyl sites for hydroxylation is 1. The lowest BCUT2D eigenvalue weighted by molar-refractivity contribution is -0.145. The van der Waals surface area contributed by atoms with Crippen molar-refractivity contribution >= 4 is 17.4 Å². The number of alkyl halides is 2. The van der Waals surface area contributed by atoms with Crippen molar-refractivity contribution in [2.45, 2.75) is 31.9 Å². The van der Waals surface area contributed by atoms with Gasteiger partial charge in [0.05, 0.1) is 35.5 Å². The van der Waals surface area contributed by atoms with Crippen LogP contribution in [0, 0.1) is 12.8 Å². The van der Waals surface area contributed by atoms with Gasteiger partial charge in [0.1, 0.15) is 17.9 Å². The summed E-state index contributed by atoms with van der Waals surface area (Å²) in [6, 6.07) is 8.78. The average molecular weight is 430 g/mol. The number of carbonyl (C=O) groups excluding carboxylic acids is 2. The van der Waals surface area contributed by atoms with E-state index >= 15 is 0 Å². The highest BCUT2D eigenvalue weighted by molar-refractivity contribution is 6.05. The summed E-state index contributed by atoms with van der Waals surface area (Å²) in [4.78, 5) is 29.3. The van der Waals surface area contributed by atoms with Gasteiger partial charge in [-0.2, -0.15) is 5.10 Å². The van der Waals surface area contributed by atoms with Gasteiger partial charge in [-0.3, -0.25) is 9.78 Å². The average Bonchev–Trinajstić information content (AvgIpc) is 3.40. The molecule has 162 valence electrons. The molecule has 3 aromatic rings. The van der Waals surface area contributed by atoms with Gasteiger partial charge in [0.2, 0.25) is 6.43 Å². The van der Waals surface area contributed by atoms with Crippen molar-refractivity contribution in [2.75, 3.05) is 7.11 Å². The van der Waals surface area contributed by atoms with Crippen molar-refractivity contribution < 1.29 is 27.8 Å². The van der Waals surface area contributed by atoms with E-state index in [2.05, 4.69) is 20.1 Å². The first-order valence-electron chi connectivity index (χ1n) is 9.56. The SMILES string of the molecule is COC(=O)C1(NC(=O)c2c(C)nn3ccc(OCc4ccccn4)cc23)CC1C(F)F. The number of pyridine rings is 2. The maximum Gasteiger partial charge on any atom is 0.332 e. The topological polar surface area (TPSA) is 94.8 Å². The molecule has 31 heavy (non-hydrogen) atoms. The van der Waals surface area contributed by atoms with E-state index in [0.717, 1.165) is 12.8 Å². The second-order valence-electron chi connectivity index (χ2n) is 7.32. The predicted molar refractivity (Wildman–Crippen MR) is 105 cm³/mol. The van der Waals surface area contributed by atoms with Gasteiger partial charge >= 0.3 is 5.97 Å². The molecular formula is C21H20F2N4O4. The molecule has 0 saturated heterocycles. The summed E-state index contributed by atoms with van der Waals surface area (Å²) in [6.07, 6.45) is 0.352. The number of rotatable bonds is 7. The van der Waals surface area contributed by atoms with Crippen LogP contribution in [0.3, 0.4) is 0 Å². The van der Waals surface area contributed by atoms with Gasteiger partial charge < -0.3 is 14.8 Å². The number of hydrogen-bond donors (Lipinski definition) is 1. The molecule has 0 bridgehead atoms. The molecule has 3 heterocycles. The lowest BCUT2D eigenvalue weighted by Gasteiger charge is -2.17. The zero-order valence-electron chi connectivity index (χ0n) is 16.8. The van der Waals surface area contributed by atoms with E-state index in [1.807, 2.05) is 12.1 Å². The Morgan fingerprint density at radius 2 is 2.16 bits per heavy atom. The minimum atomic E-state index is -2.75. The normalized spacial score (nSPS) is 20.0. The number of carbonyl (C=O) groups is 2. The van der Waals surface area contributed by atoms with Gasteiger partial charge in [-0.15, -0.1) is 0 Å². The Labute approximate surface area is 176 Å². The Morgan fingerprint density at radius 3 is 2.81 bits per heavy atom. The minimum Gasteiger partial charge on any atom is -0.487 e. The Balaban J connectivity index is 1.60. The van der Waals surface area contributed by atoms with Gasteiger partial charge in [0.25, 0.3) is 5.91 Å². The smallest absolute Gasteiger partial charge is 0.332 e. The number of hydrogen-bond acceptors (Lipinski definition) is 6. The van der Waals surface area contributed by atoms with Crippen LogP contribution >= 0.6 is 0 Å². The molecule has 2 atom stereocenters. The van der Waals surface area contributed by atoms with E-state index in [-0.39, 0.29) is 18.6 Å². The van der Waals surface area contributed by atoms with E-state index in [4.69, 9.17) is 4.74 Å². The lowest BCUT2D eigenvalue weighted by atomic mass is 10.1. The summed E-state index contributed by atoms with van der Waals surface area (Å²) in [5.41, 5.74) is -0.0203. The van der Waals surface area contributed by atoms with Crippen molar-refractivity contribution in [1.29, 1.82) is 0 Å². The van der Waals surface area contributed by atoms with Crippen LogP contribution in [-0.2, 0) is 16.1 Å². The quantitative estimate of drug-likeness (QED) is 0.579. The van der Waals surface area contributed by atoms with Gasteiger partial charge in [-0.25, -0.2) is 18.1 Å². The van der Waals surface area contributed by atoms with E-state index < -0.39 is 29.8 Å². The largest absolute Gasteiger partial charge is 0.487 e. The summed E-state index contributed by atoms with van der Waals surface area (Å²) in [6.45, 7) is 1.85. The zero-order valence-corrected chi connectivity index (χ0v) is 16.8. The van der Waals surface area contributed by atoms with Gasteiger partial charge in [0, 0.05) is 18.5 Å². The van der Waals surface area contributed by atoms with Crippen molar-refractivity contribution in [2.24, 2.45) is 5.92 Å². The summed E-state index contributed by atoms with van der Waals surface area (Å²) in [5.74, 6) is -2.38. The third kappa shape index (κ3) is 3.80. The second-order valence-corrected chi connectivity index (χ2v) is 7.32. The van der Waals surface area contributed by atoms with Crippen LogP contribution in [0.1, 0.15) is 28.2 Å². The van der Waals surface area contributed by atoms with Crippen LogP contribution in [-0.4, -0.2) is 45.5 Å². The van der Waals surface area contributed by atoms with Crippen LogP contribution in [0.15, 0.2) is 42.7 Å². The van der Waals surface area contributed by atoms with E-state index in [1.54, 1.807) is 37.5 Å². The standard InChI is InChI=1S/C21H20F2N4O4/c1-12-17(19(28)25-21(20(29)30-2)10-15(21)18(22)23)16-9-14(6-8-27(16)26-12)31-11-13-5-3-4-7-24-13/h3-9,15,18H,10-11H2,1-2H3,(H,25,28). The number of fused-ring (bicyclic) bond motifs is 1. The minimum absolute atomic E-state index is 0.173. The summed E-state index contributed by atoms with van der Waals surface area (Å²) in [5, 5.41) is 6.75. The molecule has 3 aromatic heterocycles. The number of amides is 1. The number of esters is 1. The lowest BCUT2D eigenvalue weighted by Crippen LogP contribution is -2.46. The third-order valence-electron chi connectivity index (χ3n) is 5.33. The molecule has 0 aliphatic heterocycles. The molecule has 0 aromatic carbocycles. The van der Waals surface area contributed by atoms with Crippen molar-refractivity contribution in [1.82, 2.24) is 19.9 Å². The van der Waals surface area contributed by atoms with E-state index in [1.165, 1.54) is 4.52 Å². The third-order valence-corrected chi connectivity index (χ3v) is 5.33. The molecule has 0 spiro atoms. The Morgan fingerprint density at radius 1 is 1.35 bits per heavy atom. The monoisotopic (exact) mass is 430 g/mol. The maximum absolute atomic E-state index is 13.2. The molecule has 1 N–H and O–H groups in total. The van der Waals surface area contributed by atoms with Crippen molar-refractivity contribution in [3.8, 4) is 5.75 Å². The number of methoxy groups -OCH3 is 1. The molecule has 1 saturated carbocycles. The van der Waals surface area contributed by atoms with Crippen LogP contribution in [0.4, 0.5) is 8.78 Å². The highest BCUT2D eigenvalue weighted by Gasteiger charge is 2.66.